The van der Waals surface area contributed by atoms with E-state index < -0.39 is 8.32 Å². The van der Waals surface area contributed by atoms with E-state index in [9.17, 15) is 4.79 Å². The summed E-state index contributed by atoms with van der Waals surface area (Å²) in [5, 5.41) is 3.53. The molecule has 0 aliphatic rings. The smallest absolute Gasteiger partial charge is 0.220 e. The molecule has 0 aliphatic heterocycles. The minimum absolute atomic E-state index is 0.0966. The predicted octanol–water partition coefficient (Wildman–Crippen LogP) is 9.46. The summed E-state index contributed by atoms with van der Waals surface area (Å²) in [7, 11) is -1.82. The van der Waals surface area contributed by atoms with Gasteiger partial charge in [0.15, 0.2) is 8.32 Å². The van der Waals surface area contributed by atoms with Gasteiger partial charge in [0.1, 0.15) is 0 Å². The molecular weight excluding hydrogens is 539 g/mol. The first kappa shape index (κ1) is 33.2. The van der Waals surface area contributed by atoms with Gasteiger partial charge in [0.05, 0.1) is 0 Å². The summed E-state index contributed by atoms with van der Waals surface area (Å²) < 4.78 is 6.47. The minimum atomic E-state index is -1.82. The minimum Gasteiger partial charge on any atom is -0.417 e. The Labute approximate surface area is 255 Å². The van der Waals surface area contributed by atoms with Crippen molar-refractivity contribution in [3.63, 3.8) is 0 Å². The number of nitrogens with one attached hydrogen (secondary N) is 1. The number of thioether (sulfide) groups is 1. The Hall–Kier alpha value is -2.34. The molecule has 0 spiro atoms. The van der Waals surface area contributed by atoms with Crippen LogP contribution in [0.4, 0.5) is 0 Å². The largest absolute Gasteiger partial charge is 0.417 e. The zero-order valence-corrected chi connectivity index (χ0v) is 27.8. The number of carbonyl (C=O) groups excluding carboxylic acids is 1. The molecule has 0 radical (unpaired) electrons. The molecule has 41 heavy (non-hydrogen) atoms. The van der Waals surface area contributed by atoms with Crippen molar-refractivity contribution in [3.05, 3.63) is 102 Å². The highest BCUT2D eigenvalue weighted by Crippen LogP contribution is 2.36. The van der Waals surface area contributed by atoms with E-state index in [-0.39, 0.29) is 17.0 Å². The van der Waals surface area contributed by atoms with Gasteiger partial charge in [-0.15, -0.1) is 11.8 Å². The van der Waals surface area contributed by atoms with E-state index in [0.29, 0.717) is 13.0 Å². The molecule has 3 nitrogen and oxygen atoms in total. The van der Waals surface area contributed by atoms with Crippen LogP contribution in [0.1, 0.15) is 76.0 Å². The fourth-order valence-corrected chi connectivity index (χ4v) is 6.55. The van der Waals surface area contributed by atoms with Crippen molar-refractivity contribution in [2.75, 3.05) is 12.4 Å². The van der Waals surface area contributed by atoms with Gasteiger partial charge in [-0.25, -0.2) is 0 Å². The van der Waals surface area contributed by atoms with E-state index in [4.69, 9.17) is 4.43 Å². The van der Waals surface area contributed by atoms with Gasteiger partial charge in [-0.3, -0.25) is 4.79 Å². The molecule has 0 aromatic heterocycles. The van der Waals surface area contributed by atoms with Crippen molar-refractivity contribution in [1.29, 1.82) is 0 Å². The monoisotopic (exact) mass is 589 g/mol. The molecule has 1 atom stereocenters. The molecule has 0 fully saturated rings. The molecule has 0 aliphatic carbocycles. The third-order valence-corrected chi connectivity index (χ3v) is 13.9. The van der Waals surface area contributed by atoms with Gasteiger partial charge in [0.2, 0.25) is 5.91 Å². The quantitative estimate of drug-likeness (QED) is 0.0968. The summed E-state index contributed by atoms with van der Waals surface area (Å²) >= 11 is 1.82. The van der Waals surface area contributed by atoms with E-state index >= 15 is 0 Å². The molecule has 0 bridgehead atoms. The van der Waals surface area contributed by atoms with Crippen molar-refractivity contribution in [1.82, 2.24) is 5.32 Å². The number of carbonyl (C=O) groups is 1. The van der Waals surface area contributed by atoms with Crippen molar-refractivity contribution in [2.45, 2.75) is 101 Å². The molecule has 0 saturated heterocycles. The zero-order chi connectivity index (χ0) is 29.6. The Balaban J connectivity index is 1.46. The lowest BCUT2D eigenvalue weighted by Crippen LogP contribution is -2.43. The third kappa shape index (κ3) is 12.6. The highest BCUT2D eigenvalue weighted by molar-refractivity contribution is 7.99. The number of hydrogen-bond acceptors (Lipinski definition) is 3. The highest BCUT2D eigenvalue weighted by Gasteiger charge is 2.37. The maximum Gasteiger partial charge on any atom is 0.220 e. The Bertz CT molecular complexity index is 1140. The van der Waals surface area contributed by atoms with Gasteiger partial charge in [0, 0.05) is 29.7 Å². The SMILES string of the molecule is CC(C)(C)[Si](C)(C)OCCC(CSc1ccc(Cc2ccccc2)cc1)NC(=O)CCCCCCc1ccccc1. The Morgan fingerprint density at radius 1 is 0.805 bits per heavy atom. The Morgan fingerprint density at radius 3 is 2.02 bits per heavy atom. The van der Waals surface area contributed by atoms with Gasteiger partial charge >= 0.3 is 0 Å². The summed E-state index contributed by atoms with van der Waals surface area (Å²) in [4.78, 5) is 14.1. The van der Waals surface area contributed by atoms with Crippen LogP contribution in [0, 0.1) is 0 Å². The number of benzene rings is 3. The third-order valence-electron chi connectivity index (χ3n) is 8.19. The van der Waals surface area contributed by atoms with Crippen LogP contribution in [0.5, 0.6) is 0 Å². The first-order valence-electron chi connectivity index (χ1n) is 15.4. The van der Waals surface area contributed by atoms with E-state index in [1.807, 2.05) is 11.8 Å². The first-order chi connectivity index (χ1) is 19.6. The lowest BCUT2D eigenvalue weighted by Gasteiger charge is -2.36. The van der Waals surface area contributed by atoms with Crippen LogP contribution in [-0.4, -0.2) is 32.6 Å². The van der Waals surface area contributed by atoms with Crippen LogP contribution in [-0.2, 0) is 22.1 Å². The second-order valence-electron chi connectivity index (χ2n) is 12.7. The van der Waals surface area contributed by atoms with Crippen molar-refractivity contribution < 1.29 is 9.22 Å². The van der Waals surface area contributed by atoms with Gasteiger partial charge < -0.3 is 9.74 Å². The topological polar surface area (TPSA) is 38.3 Å². The number of amides is 1. The van der Waals surface area contributed by atoms with E-state index in [2.05, 4.69) is 124 Å². The van der Waals surface area contributed by atoms with Crippen LogP contribution in [0.25, 0.3) is 0 Å². The summed E-state index contributed by atoms with van der Waals surface area (Å²) in [5.74, 6) is 1.02. The van der Waals surface area contributed by atoms with Gasteiger partial charge in [-0.05, 0) is 79.1 Å². The number of aryl methyl sites for hydroxylation is 1. The van der Waals surface area contributed by atoms with Crippen LogP contribution in [0.3, 0.4) is 0 Å². The fourth-order valence-electron chi connectivity index (χ4n) is 4.51. The van der Waals surface area contributed by atoms with E-state index in [0.717, 1.165) is 37.9 Å². The van der Waals surface area contributed by atoms with Gasteiger partial charge in [-0.1, -0.05) is 106 Å². The van der Waals surface area contributed by atoms with Crippen molar-refractivity contribution in [2.24, 2.45) is 0 Å². The standard InChI is InChI=1S/C36H51NO2SSi/c1-36(2,3)41(4,5)39-27-26-33(37-35(38)21-15-7-6-10-16-30-17-11-8-12-18-30)29-40-34-24-22-32(23-25-34)28-31-19-13-9-14-20-31/h8-9,11-14,17-20,22-25,33H,6-7,10,15-16,21,26-29H2,1-5H3,(H,37,38). The first-order valence-corrected chi connectivity index (χ1v) is 19.2. The molecule has 5 heteroatoms. The van der Waals surface area contributed by atoms with Gasteiger partial charge in [-0.2, -0.15) is 0 Å². The summed E-state index contributed by atoms with van der Waals surface area (Å²) in [5.41, 5.74) is 4.04. The molecule has 1 N–H and O–H groups in total. The highest BCUT2D eigenvalue weighted by atomic mass is 32.2. The molecule has 0 heterocycles. The molecule has 0 saturated carbocycles. The average Bonchev–Trinajstić information content (AvgIpc) is 2.94. The predicted molar refractivity (Wildman–Crippen MR) is 179 cm³/mol. The molecule has 1 amide bonds. The summed E-state index contributed by atoms with van der Waals surface area (Å²) in [6.45, 7) is 12.1. The molecule has 3 aromatic carbocycles. The lowest BCUT2D eigenvalue weighted by molar-refractivity contribution is -0.121. The molecule has 1 unspecified atom stereocenters. The van der Waals surface area contributed by atoms with Crippen molar-refractivity contribution >= 4 is 26.0 Å². The number of unbranched alkanes of at least 4 members (excludes halogenated alkanes) is 3. The normalized spacial score (nSPS) is 12.7. The molecule has 3 aromatic rings. The molecular formula is C36H51NO2SSi. The van der Waals surface area contributed by atoms with Gasteiger partial charge in [0.25, 0.3) is 0 Å². The average molecular weight is 590 g/mol. The fraction of sp³-hybridized carbons (Fsp3) is 0.472. The van der Waals surface area contributed by atoms with Crippen LogP contribution in [0.15, 0.2) is 89.8 Å². The Kier molecular flexibility index (Phi) is 13.7. The lowest BCUT2D eigenvalue weighted by atomic mass is 10.1. The second-order valence-corrected chi connectivity index (χ2v) is 18.6. The summed E-state index contributed by atoms with van der Waals surface area (Å²) in [6.07, 6.45) is 7.91. The molecule has 3 rings (SSSR count). The number of hydrogen-bond donors (Lipinski definition) is 1. The summed E-state index contributed by atoms with van der Waals surface area (Å²) in [6, 6.07) is 30.2. The Morgan fingerprint density at radius 2 is 1.39 bits per heavy atom. The van der Waals surface area contributed by atoms with Crippen LogP contribution in [0.2, 0.25) is 18.1 Å². The van der Waals surface area contributed by atoms with E-state index in [1.165, 1.54) is 34.4 Å². The van der Waals surface area contributed by atoms with E-state index in [1.54, 1.807) is 0 Å². The van der Waals surface area contributed by atoms with Crippen molar-refractivity contribution in [3.8, 4) is 0 Å². The maximum atomic E-state index is 12.9. The van der Waals surface area contributed by atoms with Crippen LogP contribution >= 0.6 is 11.8 Å². The second kappa shape index (κ2) is 16.9. The van der Waals surface area contributed by atoms with Crippen LogP contribution < -0.4 is 5.32 Å². The maximum absolute atomic E-state index is 12.9. The molecule has 222 valence electrons. The number of rotatable bonds is 17. The zero-order valence-electron chi connectivity index (χ0n) is 26.0.